The van der Waals surface area contributed by atoms with E-state index in [4.69, 9.17) is 10.0 Å². The quantitative estimate of drug-likeness (QED) is 0.542. The molecule has 2 aliphatic heterocycles. The van der Waals surface area contributed by atoms with E-state index in [1.54, 1.807) is 23.2 Å². The molecule has 0 aliphatic carbocycles. The molecular formula is C16H18BN3O4. The molecule has 0 bridgehead atoms. The largest absolute Gasteiger partial charge is 0.483 e. The molecule has 0 saturated heterocycles. The second kappa shape index (κ2) is 6.98. The van der Waals surface area contributed by atoms with E-state index in [9.17, 15) is 9.59 Å². The van der Waals surface area contributed by atoms with Gasteiger partial charge in [0.15, 0.2) is 0 Å². The number of pyridine rings is 1. The first kappa shape index (κ1) is 16.4. The first-order valence-corrected chi connectivity index (χ1v) is 7.84. The number of nitrogens with zero attached hydrogens (tertiary/aromatic N) is 2. The predicted molar refractivity (Wildman–Crippen MR) is 89.7 cm³/mol. The van der Waals surface area contributed by atoms with Crippen LogP contribution in [0.2, 0.25) is 0 Å². The maximum Gasteiger partial charge on any atom is 0.483 e. The van der Waals surface area contributed by atoms with Crippen molar-refractivity contribution in [3.63, 3.8) is 0 Å². The van der Waals surface area contributed by atoms with Gasteiger partial charge in [0.2, 0.25) is 11.8 Å². The molecule has 0 fully saturated rings. The molecule has 8 heteroatoms. The Morgan fingerprint density at radius 2 is 2.17 bits per heavy atom. The third-order valence-electron chi connectivity index (χ3n) is 4.17. The summed E-state index contributed by atoms with van der Waals surface area (Å²) in [6.07, 6.45) is 8.02. The summed E-state index contributed by atoms with van der Waals surface area (Å²) in [5.41, 5.74) is 2.31. The zero-order valence-corrected chi connectivity index (χ0v) is 13.1. The highest BCUT2D eigenvalue weighted by atomic mass is 16.4. The Balaban J connectivity index is 1.64. The van der Waals surface area contributed by atoms with Crippen molar-refractivity contribution in [3.05, 3.63) is 41.0 Å². The van der Waals surface area contributed by atoms with Gasteiger partial charge in [0.05, 0.1) is 0 Å². The lowest BCUT2D eigenvalue weighted by molar-refractivity contribution is -0.125. The standard InChI is InChI=1S/C16H18BN3O4/c21-14-3-2-12-9-11(10-18-16(12)19-14)1-4-15(22)20-7-5-13(6-8-20)17(23)24/h1,4-5,9-10,23-24H,2-3,6-8H2,(H,18,19,21). The van der Waals surface area contributed by atoms with E-state index >= 15 is 0 Å². The highest BCUT2D eigenvalue weighted by Crippen LogP contribution is 2.21. The van der Waals surface area contributed by atoms with Crippen molar-refractivity contribution in [1.29, 1.82) is 0 Å². The summed E-state index contributed by atoms with van der Waals surface area (Å²) in [5.74, 6) is 0.425. The van der Waals surface area contributed by atoms with Crippen molar-refractivity contribution >= 4 is 30.8 Å². The lowest BCUT2D eigenvalue weighted by Gasteiger charge is -2.25. The van der Waals surface area contributed by atoms with Gasteiger partial charge in [-0.3, -0.25) is 9.59 Å². The third-order valence-corrected chi connectivity index (χ3v) is 4.17. The average molecular weight is 327 g/mol. The molecule has 3 rings (SSSR count). The van der Waals surface area contributed by atoms with Crippen LogP contribution in [0.5, 0.6) is 0 Å². The van der Waals surface area contributed by atoms with Gasteiger partial charge >= 0.3 is 7.12 Å². The Bertz CT molecular complexity index is 730. The summed E-state index contributed by atoms with van der Waals surface area (Å²) < 4.78 is 0. The van der Waals surface area contributed by atoms with Gasteiger partial charge in [0, 0.05) is 31.8 Å². The number of aromatic nitrogens is 1. The number of carbonyl (C=O) groups is 2. The Hall–Kier alpha value is -2.45. The van der Waals surface area contributed by atoms with Crippen LogP contribution in [0.15, 0.2) is 29.9 Å². The van der Waals surface area contributed by atoms with Gasteiger partial charge < -0.3 is 20.3 Å². The fraction of sp³-hybridized carbons (Fsp3) is 0.312. The number of amides is 2. The van der Waals surface area contributed by atoms with Crippen molar-refractivity contribution < 1.29 is 19.6 Å². The molecule has 24 heavy (non-hydrogen) atoms. The molecular weight excluding hydrogens is 309 g/mol. The van der Waals surface area contributed by atoms with Crippen LogP contribution in [0.4, 0.5) is 5.82 Å². The number of fused-ring (bicyclic) bond motifs is 1. The van der Waals surface area contributed by atoms with Gasteiger partial charge in [0.25, 0.3) is 0 Å². The smallest absolute Gasteiger partial charge is 0.423 e. The molecule has 0 spiro atoms. The minimum Gasteiger partial charge on any atom is -0.423 e. The van der Waals surface area contributed by atoms with Gasteiger partial charge in [-0.15, -0.1) is 0 Å². The van der Waals surface area contributed by atoms with Crippen LogP contribution in [0, 0.1) is 0 Å². The summed E-state index contributed by atoms with van der Waals surface area (Å²) in [7, 11) is -1.44. The van der Waals surface area contributed by atoms with Crippen LogP contribution in [-0.2, 0) is 16.0 Å². The van der Waals surface area contributed by atoms with E-state index in [-0.39, 0.29) is 11.8 Å². The zero-order chi connectivity index (χ0) is 17.1. The number of hydrogen-bond donors (Lipinski definition) is 3. The molecule has 0 atom stereocenters. The Kier molecular flexibility index (Phi) is 4.77. The van der Waals surface area contributed by atoms with Crippen molar-refractivity contribution in [1.82, 2.24) is 9.88 Å². The number of anilines is 1. The summed E-state index contributed by atoms with van der Waals surface area (Å²) in [6.45, 7) is 0.825. The van der Waals surface area contributed by atoms with Crippen LogP contribution in [0.3, 0.4) is 0 Å². The van der Waals surface area contributed by atoms with Gasteiger partial charge in [-0.25, -0.2) is 4.98 Å². The van der Waals surface area contributed by atoms with Gasteiger partial charge in [-0.1, -0.05) is 6.08 Å². The van der Waals surface area contributed by atoms with Crippen LogP contribution in [0.25, 0.3) is 6.08 Å². The van der Waals surface area contributed by atoms with Crippen LogP contribution in [-0.4, -0.2) is 52.0 Å². The maximum atomic E-state index is 12.2. The molecule has 3 N–H and O–H groups in total. The fourth-order valence-electron chi connectivity index (χ4n) is 2.76. The summed E-state index contributed by atoms with van der Waals surface area (Å²) in [6, 6.07) is 1.92. The topological polar surface area (TPSA) is 103 Å². The van der Waals surface area contributed by atoms with Crippen molar-refractivity contribution in [2.24, 2.45) is 0 Å². The van der Waals surface area contributed by atoms with Crippen molar-refractivity contribution in [3.8, 4) is 0 Å². The van der Waals surface area contributed by atoms with E-state index in [1.165, 1.54) is 6.08 Å². The molecule has 0 saturated carbocycles. The first-order chi connectivity index (χ1) is 11.5. The molecule has 0 unspecified atom stereocenters. The van der Waals surface area contributed by atoms with Gasteiger partial charge in [-0.05, 0) is 41.6 Å². The monoisotopic (exact) mass is 327 g/mol. The van der Waals surface area contributed by atoms with E-state index < -0.39 is 7.12 Å². The molecule has 2 aliphatic rings. The molecule has 2 amide bonds. The SMILES string of the molecule is O=C1CCc2cc(C=CC(=O)N3CC=C(B(O)O)CC3)cnc2N1. The average Bonchev–Trinajstić information content (AvgIpc) is 2.59. The molecule has 7 nitrogen and oxygen atoms in total. The molecule has 124 valence electrons. The third kappa shape index (κ3) is 3.72. The highest BCUT2D eigenvalue weighted by molar-refractivity contribution is 6.50. The normalized spacial score (nSPS) is 17.3. The number of nitrogens with one attached hydrogen (secondary N) is 1. The minimum absolute atomic E-state index is 0.0287. The number of aryl methyl sites for hydroxylation is 1. The van der Waals surface area contributed by atoms with Crippen molar-refractivity contribution in [2.75, 3.05) is 18.4 Å². The highest BCUT2D eigenvalue weighted by Gasteiger charge is 2.21. The summed E-state index contributed by atoms with van der Waals surface area (Å²) in [5, 5.41) is 20.9. The second-order valence-electron chi connectivity index (χ2n) is 5.84. The first-order valence-electron chi connectivity index (χ1n) is 7.84. The van der Waals surface area contributed by atoms with Crippen molar-refractivity contribution in [2.45, 2.75) is 19.3 Å². The van der Waals surface area contributed by atoms with E-state index in [0.717, 1.165) is 11.1 Å². The lowest BCUT2D eigenvalue weighted by Crippen LogP contribution is -2.36. The predicted octanol–water partition coefficient (Wildman–Crippen LogP) is 0.150. The minimum atomic E-state index is -1.44. The number of hydrogen-bond acceptors (Lipinski definition) is 5. The van der Waals surface area contributed by atoms with Crippen LogP contribution >= 0.6 is 0 Å². The molecule has 3 heterocycles. The van der Waals surface area contributed by atoms with E-state index in [1.807, 2.05) is 6.07 Å². The molecule has 0 radical (unpaired) electrons. The molecule has 1 aromatic rings. The van der Waals surface area contributed by atoms with Gasteiger partial charge in [0.1, 0.15) is 5.82 Å². The second-order valence-corrected chi connectivity index (χ2v) is 5.84. The van der Waals surface area contributed by atoms with Crippen LogP contribution in [0.1, 0.15) is 24.0 Å². The number of rotatable bonds is 3. The fourth-order valence-corrected chi connectivity index (χ4v) is 2.76. The molecule has 0 aromatic carbocycles. The zero-order valence-electron chi connectivity index (χ0n) is 13.1. The summed E-state index contributed by atoms with van der Waals surface area (Å²) >= 11 is 0. The number of carbonyl (C=O) groups excluding carboxylic acids is 2. The Morgan fingerprint density at radius 3 is 2.88 bits per heavy atom. The Morgan fingerprint density at radius 1 is 1.33 bits per heavy atom. The Labute approximate surface area is 139 Å². The van der Waals surface area contributed by atoms with E-state index in [2.05, 4.69) is 10.3 Å². The van der Waals surface area contributed by atoms with Gasteiger partial charge in [-0.2, -0.15) is 0 Å². The molecule has 1 aromatic heterocycles. The van der Waals surface area contributed by atoms with Crippen LogP contribution < -0.4 is 5.32 Å². The lowest BCUT2D eigenvalue weighted by atomic mass is 9.76. The van der Waals surface area contributed by atoms with E-state index in [0.29, 0.717) is 43.6 Å². The maximum absolute atomic E-state index is 12.2. The summed E-state index contributed by atoms with van der Waals surface area (Å²) in [4.78, 5) is 29.4.